The van der Waals surface area contributed by atoms with Gasteiger partial charge in [0.15, 0.2) is 6.10 Å². The summed E-state index contributed by atoms with van der Waals surface area (Å²) < 4.78 is 16.9. The molecule has 0 saturated carbocycles. The van der Waals surface area contributed by atoms with Crippen molar-refractivity contribution < 1.29 is 28.6 Å². The molecule has 0 aliphatic heterocycles. The van der Waals surface area contributed by atoms with Crippen LogP contribution in [0.25, 0.3) is 0 Å². The van der Waals surface area contributed by atoms with Crippen LogP contribution in [0.15, 0.2) is 48.6 Å². The summed E-state index contributed by atoms with van der Waals surface area (Å²) in [5, 5.41) is 0. The second kappa shape index (κ2) is 67.9. The first-order chi connectivity index (χ1) is 39.0. The molecular weight excluding hydrogens is 973 g/mol. The molecular formula is C73H134O6. The third kappa shape index (κ3) is 66.1. The molecule has 0 aromatic carbocycles. The average Bonchev–Trinajstić information content (AvgIpc) is 3.45. The summed E-state index contributed by atoms with van der Waals surface area (Å²) >= 11 is 0. The quantitative estimate of drug-likeness (QED) is 0.0261. The predicted molar refractivity (Wildman–Crippen MR) is 344 cm³/mol. The first-order valence-corrected chi connectivity index (χ1v) is 35.1. The summed E-state index contributed by atoms with van der Waals surface area (Å²) in [7, 11) is 0. The molecule has 0 aliphatic carbocycles. The molecule has 462 valence electrons. The van der Waals surface area contributed by atoms with Gasteiger partial charge in [0.1, 0.15) is 13.2 Å². The Morgan fingerprint density at radius 1 is 0.253 bits per heavy atom. The third-order valence-electron chi connectivity index (χ3n) is 15.8. The van der Waals surface area contributed by atoms with E-state index in [4.69, 9.17) is 14.2 Å². The van der Waals surface area contributed by atoms with Crippen LogP contribution in [0.3, 0.4) is 0 Å². The van der Waals surface area contributed by atoms with Crippen LogP contribution in [0, 0.1) is 0 Å². The van der Waals surface area contributed by atoms with Crippen LogP contribution < -0.4 is 0 Å². The number of hydrogen-bond acceptors (Lipinski definition) is 6. The summed E-state index contributed by atoms with van der Waals surface area (Å²) in [5.41, 5.74) is 0. The normalized spacial score (nSPS) is 12.3. The van der Waals surface area contributed by atoms with Crippen molar-refractivity contribution in [2.24, 2.45) is 0 Å². The lowest BCUT2D eigenvalue weighted by Crippen LogP contribution is -2.30. The van der Waals surface area contributed by atoms with E-state index in [1.54, 1.807) is 0 Å². The number of carbonyl (C=O) groups is 3. The highest BCUT2D eigenvalue weighted by molar-refractivity contribution is 5.71. The fraction of sp³-hybridized carbons (Fsp3) is 0.849. The molecule has 0 heterocycles. The molecule has 0 rings (SSSR count). The number of esters is 3. The SMILES string of the molecule is CCCCCCC/C=C\C/C=C\C/C=C\CCCCCCCCCCCCCCCCCCCCC(=O)OCC(COC(=O)CCCCCCCCCCCC)OC(=O)CCCCCCCCC/C=C\CCCCCCCCC. The van der Waals surface area contributed by atoms with E-state index in [0.29, 0.717) is 19.3 Å². The van der Waals surface area contributed by atoms with Crippen LogP contribution >= 0.6 is 0 Å². The smallest absolute Gasteiger partial charge is 0.306 e. The number of carbonyl (C=O) groups excluding carboxylic acids is 3. The molecule has 0 aliphatic rings. The van der Waals surface area contributed by atoms with Crippen molar-refractivity contribution in [2.75, 3.05) is 13.2 Å². The molecule has 1 unspecified atom stereocenters. The fourth-order valence-corrected chi connectivity index (χ4v) is 10.5. The Morgan fingerprint density at radius 3 is 0.722 bits per heavy atom. The fourth-order valence-electron chi connectivity index (χ4n) is 10.5. The minimum Gasteiger partial charge on any atom is -0.462 e. The lowest BCUT2D eigenvalue weighted by molar-refractivity contribution is -0.167. The molecule has 6 nitrogen and oxygen atoms in total. The molecule has 0 saturated heterocycles. The van der Waals surface area contributed by atoms with E-state index in [2.05, 4.69) is 69.4 Å². The molecule has 0 bridgehead atoms. The minimum absolute atomic E-state index is 0.0694. The van der Waals surface area contributed by atoms with Crippen LogP contribution in [0.5, 0.6) is 0 Å². The van der Waals surface area contributed by atoms with Crippen LogP contribution in [0.4, 0.5) is 0 Å². The van der Waals surface area contributed by atoms with Crippen LogP contribution in [-0.2, 0) is 28.6 Å². The molecule has 79 heavy (non-hydrogen) atoms. The van der Waals surface area contributed by atoms with Crippen molar-refractivity contribution in [3.63, 3.8) is 0 Å². The zero-order valence-corrected chi connectivity index (χ0v) is 53.2. The number of unbranched alkanes of at least 4 members (excludes halogenated alkanes) is 46. The summed E-state index contributed by atoms with van der Waals surface area (Å²) in [6.07, 6.45) is 85.8. The highest BCUT2D eigenvalue weighted by Crippen LogP contribution is 2.18. The van der Waals surface area contributed by atoms with E-state index in [9.17, 15) is 14.4 Å². The van der Waals surface area contributed by atoms with Crippen molar-refractivity contribution in [1.82, 2.24) is 0 Å². The van der Waals surface area contributed by atoms with Gasteiger partial charge in [-0.25, -0.2) is 0 Å². The van der Waals surface area contributed by atoms with Crippen LogP contribution in [-0.4, -0.2) is 37.2 Å². The minimum atomic E-state index is -0.772. The molecule has 0 fully saturated rings. The lowest BCUT2D eigenvalue weighted by Gasteiger charge is -2.18. The van der Waals surface area contributed by atoms with Crippen molar-refractivity contribution in [1.29, 1.82) is 0 Å². The molecule has 1 atom stereocenters. The highest BCUT2D eigenvalue weighted by Gasteiger charge is 2.19. The second-order valence-electron chi connectivity index (χ2n) is 23.8. The molecule has 0 spiro atoms. The molecule has 0 radical (unpaired) electrons. The maximum atomic E-state index is 12.9. The van der Waals surface area contributed by atoms with E-state index in [1.807, 2.05) is 0 Å². The zero-order chi connectivity index (χ0) is 57.1. The van der Waals surface area contributed by atoms with Crippen LogP contribution in [0.2, 0.25) is 0 Å². The van der Waals surface area contributed by atoms with Gasteiger partial charge in [0.25, 0.3) is 0 Å². The summed E-state index contributed by atoms with van der Waals surface area (Å²) in [4.78, 5) is 38.3. The Balaban J connectivity index is 4.08. The van der Waals surface area contributed by atoms with Gasteiger partial charge in [-0.2, -0.15) is 0 Å². The van der Waals surface area contributed by atoms with Crippen molar-refractivity contribution in [3.05, 3.63) is 48.6 Å². The maximum Gasteiger partial charge on any atom is 0.306 e. The van der Waals surface area contributed by atoms with E-state index in [-0.39, 0.29) is 31.1 Å². The van der Waals surface area contributed by atoms with Crippen LogP contribution in [0.1, 0.15) is 380 Å². The summed E-state index contributed by atoms with van der Waals surface area (Å²) in [6.45, 7) is 6.67. The molecule has 6 heteroatoms. The number of rotatable bonds is 65. The largest absolute Gasteiger partial charge is 0.462 e. The van der Waals surface area contributed by atoms with Gasteiger partial charge in [-0.3, -0.25) is 14.4 Å². The van der Waals surface area contributed by atoms with Crippen molar-refractivity contribution in [2.45, 2.75) is 386 Å². The maximum absolute atomic E-state index is 12.9. The first-order valence-electron chi connectivity index (χ1n) is 35.1. The Labute approximate surface area is 492 Å². The van der Waals surface area contributed by atoms with E-state index in [1.165, 1.54) is 270 Å². The summed E-state index contributed by atoms with van der Waals surface area (Å²) in [6, 6.07) is 0. The van der Waals surface area contributed by atoms with Gasteiger partial charge in [-0.15, -0.1) is 0 Å². The first kappa shape index (κ1) is 76.4. The van der Waals surface area contributed by atoms with E-state index >= 15 is 0 Å². The molecule has 0 aromatic rings. The van der Waals surface area contributed by atoms with Gasteiger partial charge in [0, 0.05) is 19.3 Å². The Hall–Kier alpha value is -2.63. The number of ether oxygens (including phenoxy) is 3. The van der Waals surface area contributed by atoms with Crippen molar-refractivity contribution >= 4 is 17.9 Å². The predicted octanol–water partition coefficient (Wildman–Crippen LogP) is 24.1. The third-order valence-corrected chi connectivity index (χ3v) is 15.8. The van der Waals surface area contributed by atoms with Gasteiger partial charge in [0.05, 0.1) is 0 Å². The van der Waals surface area contributed by atoms with E-state index in [0.717, 1.165) is 70.6 Å². The van der Waals surface area contributed by atoms with Gasteiger partial charge in [0.2, 0.25) is 0 Å². The molecule has 0 N–H and O–H groups in total. The lowest BCUT2D eigenvalue weighted by atomic mass is 10.0. The van der Waals surface area contributed by atoms with E-state index < -0.39 is 6.10 Å². The molecule has 0 amide bonds. The van der Waals surface area contributed by atoms with Gasteiger partial charge in [-0.1, -0.05) is 326 Å². The second-order valence-corrected chi connectivity index (χ2v) is 23.8. The summed E-state index contributed by atoms with van der Waals surface area (Å²) in [5.74, 6) is -0.851. The topological polar surface area (TPSA) is 78.9 Å². The average molecular weight is 1110 g/mol. The number of hydrogen-bond donors (Lipinski definition) is 0. The van der Waals surface area contributed by atoms with Crippen molar-refractivity contribution in [3.8, 4) is 0 Å². The van der Waals surface area contributed by atoms with Gasteiger partial charge < -0.3 is 14.2 Å². The Kier molecular flexibility index (Phi) is 65.6. The van der Waals surface area contributed by atoms with Gasteiger partial charge in [-0.05, 0) is 83.5 Å². The Morgan fingerprint density at radius 2 is 0.456 bits per heavy atom. The highest BCUT2D eigenvalue weighted by atomic mass is 16.6. The standard InChI is InChI=1S/C73H134O6/c1-4-7-10-13-16-19-22-24-26-28-30-31-32-33-34-35-36-37-38-39-40-41-42-43-44-46-47-49-51-54-57-60-63-66-72(75)78-69-70(68-77-71(74)65-62-59-56-53-21-18-15-12-9-6-3)79-73(76)67-64-61-58-55-52-50-48-45-29-27-25-23-20-17-14-11-8-5-2/h22,24,27-30,32-33,70H,4-21,23,25-26,31,34-69H2,1-3H3/b24-22-,29-27-,30-28-,33-32-. The monoisotopic (exact) mass is 1110 g/mol. The molecule has 0 aromatic heterocycles. The Bertz CT molecular complexity index is 1360. The van der Waals surface area contributed by atoms with Gasteiger partial charge >= 0.3 is 17.9 Å². The number of allylic oxidation sites excluding steroid dienone is 8. The zero-order valence-electron chi connectivity index (χ0n) is 53.2.